The second-order valence-electron chi connectivity index (χ2n) is 2.87. The van der Waals surface area contributed by atoms with Crippen molar-refractivity contribution in [3.05, 3.63) is 0 Å². The largest absolute Gasteiger partial charge is 0.328 e. The molecule has 0 heterocycles. The average molecular weight is 146 g/mol. The van der Waals surface area contributed by atoms with Gasteiger partial charge in [-0.3, -0.25) is 0 Å². The zero-order valence-corrected chi connectivity index (χ0v) is 6.37. The lowest BCUT2D eigenvalue weighted by molar-refractivity contribution is 0.205. The number of nitrogens with two attached hydrogens (primary N) is 1. The van der Waals surface area contributed by atoms with E-state index in [1.165, 1.54) is 0 Å². The van der Waals surface area contributed by atoms with Crippen LogP contribution in [-0.2, 0) is 0 Å². The summed E-state index contributed by atoms with van der Waals surface area (Å²) in [5, 5.41) is 0. The molecule has 1 aliphatic carbocycles. The van der Waals surface area contributed by atoms with Crippen molar-refractivity contribution in [1.82, 2.24) is 0 Å². The molecule has 0 atom stereocenters. The third-order valence-electron chi connectivity index (χ3n) is 1.77. The van der Waals surface area contributed by atoms with Gasteiger partial charge in [0, 0.05) is 11.5 Å². The molecule has 1 saturated carbocycles. The number of halogens is 1. The van der Waals surface area contributed by atoms with Crippen molar-refractivity contribution in [2.45, 2.75) is 25.8 Å². The van der Waals surface area contributed by atoms with Crippen LogP contribution in [-0.4, -0.2) is 6.04 Å². The second kappa shape index (κ2) is 2.60. The van der Waals surface area contributed by atoms with Crippen molar-refractivity contribution in [3.8, 4) is 12.3 Å². The second-order valence-corrected chi connectivity index (χ2v) is 2.87. The lowest BCUT2D eigenvalue weighted by Crippen LogP contribution is -2.43. The van der Waals surface area contributed by atoms with Gasteiger partial charge in [-0.2, -0.15) is 0 Å². The van der Waals surface area contributed by atoms with E-state index in [1.807, 2.05) is 0 Å². The minimum Gasteiger partial charge on any atom is -0.328 e. The van der Waals surface area contributed by atoms with Crippen LogP contribution in [0.4, 0.5) is 0 Å². The lowest BCUT2D eigenvalue weighted by atomic mass is 9.68. The Balaban J connectivity index is 0.000000640. The molecule has 1 aliphatic rings. The standard InChI is InChI=1S/C7H11N.ClH/c1-3-7(2)4-6(8)5-7;/h1,6H,4-5,8H2,2H3;1H. The zero-order valence-electron chi connectivity index (χ0n) is 5.55. The van der Waals surface area contributed by atoms with E-state index in [-0.39, 0.29) is 17.8 Å². The van der Waals surface area contributed by atoms with Gasteiger partial charge >= 0.3 is 0 Å². The Hall–Kier alpha value is -0.190. The number of hydrogen-bond acceptors (Lipinski definition) is 1. The molecule has 0 aromatic carbocycles. The minimum absolute atomic E-state index is 0. The van der Waals surface area contributed by atoms with Gasteiger partial charge in [0.1, 0.15) is 0 Å². The Morgan fingerprint density at radius 2 is 2.11 bits per heavy atom. The first-order valence-corrected chi connectivity index (χ1v) is 2.90. The molecule has 1 nitrogen and oxygen atoms in total. The summed E-state index contributed by atoms with van der Waals surface area (Å²) in [5.41, 5.74) is 5.67. The van der Waals surface area contributed by atoms with Crippen molar-refractivity contribution < 1.29 is 0 Å². The monoisotopic (exact) mass is 145 g/mol. The molecule has 0 radical (unpaired) electrons. The maximum absolute atomic E-state index is 5.53. The van der Waals surface area contributed by atoms with Crippen LogP contribution >= 0.6 is 12.4 Å². The first kappa shape index (κ1) is 8.81. The van der Waals surface area contributed by atoms with E-state index in [0.717, 1.165) is 12.8 Å². The van der Waals surface area contributed by atoms with Crippen LogP contribution in [0.3, 0.4) is 0 Å². The van der Waals surface area contributed by atoms with E-state index >= 15 is 0 Å². The molecule has 0 unspecified atom stereocenters. The molecule has 0 saturated heterocycles. The molecular formula is C7H12ClN. The summed E-state index contributed by atoms with van der Waals surface area (Å²) in [4.78, 5) is 0. The SMILES string of the molecule is C#CC1(C)CC(N)C1.Cl. The molecule has 0 bridgehead atoms. The van der Waals surface area contributed by atoms with Gasteiger partial charge in [0.2, 0.25) is 0 Å². The molecular weight excluding hydrogens is 134 g/mol. The summed E-state index contributed by atoms with van der Waals surface area (Å²) < 4.78 is 0. The van der Waals surface area contributed by atoms with E-state index in [1.54, 1.807) is 0 Å². The lowest BCUT2D eigenvalue weighted by Gasteiger charge is -2.38. The summed E-state index contributed by atoms with van der Waals surface area (Å²) in [6.07, 6.45) is 7.23. The minimum atomic E-state index is 0. The van der Waals surface area contributed by atoms with E-state index in [4.69, 9.17) is 12.2 Å². The highest BCUT2D eigenvalue weighted by molar-refractivity contribution is 5.85. The maximum atomic E-state index is 5.53. The fourth-order valence-corrected chi connectivity index (χ4v) is 1.22. The predicted molar refractivity (Wildman–Crippen MR) is 41.4 cm³/mol. The number of hydrogen-bond donors (Lipinski definition) is 1. The van der Waals surface area contributed by atoms with Crippen molar-refractivity contribution in [1.29, 1.82) is 0 Å². The fourth-order valence-electron chi connectivity index (χ4n) is 1.22. The summed E-state index contributed by atoms with van der Waals surface area (Å²) in [5.74, 6) is 2.73. The van der Waals surface area contributed by atoms with Crippen LogP contribution in [0.25, 0.3) is 0 Å². The molecule has 0 aromatic heterocycles. The molecule has 0 aliphatic heterocycles. The molecule has 1 fully saturated rings. The molecule has 52 valence electrons. The fraction of sp³-hybridized carbons (Fsp3) is 0.714. The van der Waals surface area contributed by atoms with Crippen LogP contribution in [0.5, 0.6) is 0 Å². The average Bonchev–Trinajstić information content (AvgIpc) is 1.63. The van der Waals surface area contributed by atoms with E-state index in [2.05, 4.69) is 12.8 Å². The van der Waals surface area contributed by atoms with Crippen LogP contribution in [0.15, 0.2) is 0 Å². The van der Waals surface area contributed by atoms with Gasteiger partial charge in [-0.25, -0.2) is 0 Å². The van der Waals surface area contributed by atoms with Crippen LogP contribution in [0.1, 0.15) is 19.8 Å². The highest BCUT2D eigenvalue weighted by atomic mass is 35.5. The maximum Gasteiger partial charge on any atom is 0.0313 e. The van der Waals surface area contributed by atoms with Gasteiger partial charge in [-0.05, 0) is 19.8 Å². The van der Waals surface area contributed by atoms with Crippen molar-refractivity contribution >= 4 is 12.4 Å². The number of terminal acetylenes is 1. The number of rotatable bonds is 0. The van der Waals surface area contributed by atoms with Gasteiger partial charge in [0.25, 0.3) is 0 Å². The first-order chi connectivity index (χ1) is 3.66. The molecule has 0 amide bonds. The zero-order chi connectivity index (χ0) is 6.20. The molecule has 9 heavy (non-hydrogen) atoms. The van der Waals surface area contributed by atoms with Gasteiger partial charge in [0.05, 0.1) is 0 Å². The van der Waals surface area contributed by atoms with E-state index in [9.17, 15) is 0 Å². The van der Waals surface area contributed by atoms with Gasteiger partial charge < -0.3 is 5.73 Å². The smallest absolute Gasteiger partial charge is 0.0313 e. The molecule has 0 aromatic rings. The Kier molecular flexibility index (Phi) is 2.54. The Labute approximate surface area is 62.4 Å². The van der Waals surface area contributed by atoms with Crippen LogP contribution in [0.2, 0.25) is 0 Å². The summed E-state index contributed by atoms with van der Waals surface area (Å²) in [6.45, 7) is 2.08. The molecule has 2 N–H and O–H groups in total. The predicted octanol–water partition coefficient (Wildman–Crippen LogP) is 1.17. The highest BCUT2D eigenvalue weighted by Crippen LogP contribution is 2.38. The Morgan fingerprint density at radius 1 is 1.67 bits per heavy atom. The van der Waals surface area contributed by atoms with Gasteiger partial charge in [-0.1, -0.05) is 0 Å². The van der Waals surface area contributed by atoms with Gasteiger partial charge in [-0.15, -0.1) is 24.8 Å². The van der Waals surface area contributed by atoms with Crippen molar-refractivity contribution in [2.24, 2.45) is 11.1 Å². The summed E-state index contributed by atoms with van der Waals surface area (Å²) >= 11 is 0. The van der Waals surface area contributed by atoms with Crippen LogP contribution in [0, 0.1) is 17.8 Å². The third-order valence-corrected chi connectivity index (χ3v) is 1.77. The first-order valence-electron chi connectivity index (χ1n) is 2.90. The van der Waals surface area contributed by atoms with E-state index in [0.29, 0.717) is 6.04 Å². The normalized spacial score (nSPS) is 39.9. The Morgan fingerprint density at radius 3 is 2.22 bits per heavy atom. The molecule has 0 spiro atoms. The van der Waals surface area contributed by atoms with Gasteiger partial charge in [0.15, 0.2) is 0 Å². The van der Waals surface area contributed by atoms with Crippen LogP contribution < -0.4 is 5.73 Å². The topological polar surface area (TPSA) is 26.0 Å². The van der Waals surface area contributed by atoms with E-state index < -0.39 is 0 Å². The van der Waals surface area contributed by atoms with Crippen molar-refractivity contribution in [3.63, 3.8) is 0 Å². The van der Waals surface area contributed by atoms with Crippen molar-refractivity contribution in [2.75, 3.05) is 0 Å². The molecule has 2 heteroatoms. The highest BCUT2D eigenvalue weighted by Gasteiger charge is 2.35. The summed E-state index contributed by atoms with van der Waals surface area (Å²) in [7, 11) is 0. The molecule has 1 rings (SSSR count). The quantitative estimate of drug-likeness (QED) is 0.509. The summed E-state index contributed by atoms with van der Waals surface area (Å²) in [6, 6.07) is 0.371. The third kappa shape index (κ3) is 1.61. The Bertz CT molecular complexity index is 130.